The van der Waals surface area contributed by atoms with Crippen LogP contribution in [0.4, 0.5) is 5.69 Å². The molecule has 1 fully saturated rings. The van der Waals surface area contributed by atoms with Gasteiger partial charge in [-0.25, -0.2) is 0 Å². The first-order valence-corrected chi connectivity index (χ1v) is 11.3. The van der Waals surface area contributed by atoms with E-state index in [0.29, 0.717) is 23.4 Å². The minimum Gasteiger partial charge on any atom is -0.504 e. The SMILES string of the molecule is C=C1C=COC(CNc2ccc(C#CC#Cc3ccc(C(=O)N4CCCCC4)cc3)cc2)=C1O. The van der Waals surface area contributed by atoms with Gasteiger partial charge in [-0.15, -0.1) is 0 Å². The van der Waals surface area contributed by atoms with Crippen LogP contribution in [0.3, 0.4) is 0 Å². The summed E-state index contributed by atoms with van der Waals surface area (Å²) in [4.78, 5) is 14.5. The van der Waals surface area contributed by atoms with Gasteiger partial charge >= 0.3 is 0 Å². The van der Waals surface area contributed by atoms with Crippen molar-refractivity contribution in [1.29, 1.82) is 0 Å². The zero-order chi connectivity index (χ0) is 23.8. The lowest BCUT2D eigenvalue weighted by atomic mass is 10.1. The van der Waals surface area contributed by atoms with Crippen LogP contribution in [0.1, 0.15) is 40.7 Å². The van der Waals surface area contributed by atoms with Crippen LogP contribution in [0.2, 0.25) is 0 Å². The fourth-order valence-electron chi connectivity index (χ4n) is 3.67. The molecule has 2 aromatic rings. The highest BCUT2D eigenvalue weighted by atomic mass is 16.5. The third-order valence-corrected chi connectivity index (χ3v) is 5.64. The lowest BCUT2D eigenvalue weighted by Crippen LogP contribution is -2.35. The minimum atomic E-state index is 0.0549. The van der Waals surface area contributed by atoms with Crippen LogP contribution in [0, 0.1) is 23.7 Å². The van der Waals surface area contributed by atoms with Crippen LogP contribution in [-0.4, -0.2) is 35.5 Å². The van der Waals surface area contributed by atoms with Crippen LogP contribution < -0.4 is 5.32 Å². The first-order valence-electron chi connectivity index (χ1n) is 11.3. The maximum Gasteiger partial charge on any atom is 0.253 e. The molecule has 0 aromatic heterocycles. The minimum absolute atomic E-state index is 0.0549. The van der Waals surface area contributed by atoms with Gasteiger partial charge in [-0.05, 0) is 85.7 Å². The summed E-state index contributed by atoms with van der Waals surface area (Å²) >= 11 is 0. The monoisotopic (exact) mass is 450 g/mol. The molecule has 5 heteroatoms. The fraction of sp³-hybridized carbons (Fsp3) is 0.207. The highest BCUT2D eigenvalue weighted by Gasteiger charge is 2.17. The third kappa shape index (κ3) is 5.91. The van der Waals surface area contributed by atoms with Crippen molar-refractivity contribution in [3.05, 3.63) is 101 Å². The number of carbonyl (C=O) groups excluding carboxylic acids is 1. The van der Waals surface area contributed by atoms with Crippen molar-refractivity contribution < 1.29 is 14.6 Å². The number of anilines is 1. The number of carbonyl (C=O) groups is 1. The predicted octanol–water partition coefficient (Wildman–Crippen LogP) is 5.00. The molecule has 2 aromatic carbocycles. The van der Waals surface area contributed by atoms with Gasteiger partial charge in [0.15, 0.2) is 11.5 Å². The Morgan fingerprint density at radius 3 is 2.24 bits per heavy atom. The zero-order valence-electron chi connectivity index (χ0n) is 18.9. The van der Waals surface area contributed by atoms with Crippen molar-refractivity contribution in [2.24, 2.45) is 0 Å². The van der Waals surface area contributed by atoms with Crippen LogP contribution in [0.25, 0.3) is 0 Å². The fourth-order valence-corrected chi connectivity index (χ4v) is 3.67. The van der Waals surface area contributed by atoms with Gasteiger partial charge in [0.25, 0.3) is 5.91 Å². The smallest absolute Gasteiger partial charge is 0.253 e. The number of benzene rings is 2. The van der Waals surface area contributed by atoms with E-state index in [-0.39, 0.29) is 11.7 Å². The van der Waals surface area contributed by atoms with Crippen molar-refractivity contribution >= 4 is 11.6 Å². The molecule has 5 nitrogen and oxygen atoms in total. The highest BCUT2D eigenvalue weighted by molar-refractivity contribution is 5.94. The van der Waals surface area contributed by atoms with Crippen molar-refractivity contribution in [2.45, 2.75) is 19.3 Å². The number of likely N-dealkylation sites (tertiary alicyclic amines) is 1. The molecule has 0 aliphatic carbocycles. The van der Waals surface area contributed by atoms with Crippen molar-refractivity contribution in [3.8, 4) is 23.7 Å². The van der Waals surface area contributed by atoms with Gasteiger partial charge in [-0.1, -0.05) is 18.4 Å². The van der Waals surface area contributed by atoms with Crippen molar-refractivity contribution in [1.82, 2.24) is 4.90 Å². The van der Waals surface area contributed by atoms with E-state index >= 15 is 0 Å². The first-order chi connectivity index (χ1) is 16.6. The predicted molar refractivity (Wildman–Crippen MR) is 134 cm³/mol. The van der Waals surface area contributed by atoms with E-state index in [1.165, 1.54) is 12.7 Å². The van der Waals surface area contributed by atoms with Crippen LogP contribution >= 0.6 is 0 Å². The second-order valence-electron chi connectivity index (χ2n) is 8.08. The van der Waals surface area contributed by atoms with Crippen molar-refractivity contribution in [2.75, 3.05) is 25.0 Å². The maximum atomic E-state index is 12.5. The Labute approximate surface area is 200 Å². The summed E-state index contributed by atoms with van der Waals surface area (Å²) in [5.74, 6) is 12.4. The molecule has 2 aliphatic heterocycles. The number of nitrogens with one attached hydrogen (secondary N) is 1. The standard InChI is InChI=1S/C29H26N2O3/c1-22-17-20-34-27(28(22)32)21-30-26-15-11-24(12-16-26)8-4-3-7-23-9-13-25(14-10-23)29(33)31-18-5-2-6-19-31/h9-17,20,30,32H,1-2,5-6,18-19,21H2. The summed E-state index contributed by atoms with van der Waals surface area (Å²) in [7, 11) is 0. The number of hydrogen-bond acceptors (Lipinski definition) is 4. The molecule has 170 valence electrons. The number of nitrogens with zero attached hydrogens (tertiary/aromatic N) is 1. The van der Waals surface area contributed by atoms with E-state index in [0.717, 1.165) is 42.7 Å². The largest absolute Gasteiger partial charge is 0.504 e. The summed E-state index contributed by atoms with van der Waals surface area (Å²) in [6.07, 6.45) is 6.48. The number of amides is 1. The van der Waals surface area contributed by atoms with E-state index < -0.39 is 0 Å². The number of allylic oxidation sites excluding steroid dienone is 1. The molecule has 2 heterocycles. The Bertz CT molecular complexity index is 1240. The molecule has 0 spiro atoms. The van der Waals surface area contributed by atoms with Gasteiger partial charge in [0.2, 0.25) is 0 Å². The van der Waals surface area contributed by atoms with Gasteiger partial charge in [0, 0.05) is 41.0 Å². The molecule has 1 saturated heterocycles. The second-order valence-corrected chi connectivity index (χ2v) is 8.08. The number of hydrogen-bond donors (Lipinski definition) is 2. The Morgan fingerprint density at radius 2 is 1.59 bits per heavy atom. The molecular formula is C29H26N2O3. The summed E-state index contributed by atoms with van der Waals surface area (Å²) in [6.45, 7) is 5.78. The Balaban J connectivity index is 1.30. The molecule has 2 N–H and O–H groups in total. The second kappa shape index (κ2) is 11.0. The van der Waals surface area contributed by atoms with Gasteiger partial charge < -0.3 is 20.1 Å². The number of rotatable bonds is 4. The lowest BCUT2D eigenvalue weighted by Gasteiger charge is -2.26. The molecule has 0 saturated carbocycles. The molecule has 0 unspecified atom stereocenters. The number of aliphatic hydroxyl groups excluding tert-OH is 1. The molecule has 4 rings (SSSR count). The number of aliphatic hydroxyl groups is 1. The highest BCUT2D eigenvalue weighted by Crippen LogP contribution is 2.19. The average molecular weight is 451 g/mol. The molecule has 0 bridgehead atoms. The Hall–Kier alpha value is -4.35. The number of ether oxygens (including phenoxy) is 1. The van der Waals surface area contributed by atoms with E-state index in [4.69, 9.17) is 4.74 Å². The molecule has 0 radical (unpaired) electrons. The summed E-state index contributed by atoms with van der Waals surface area (Å²) in [6, 6.07) is 15.0. The quantitative estimate of drug-likeness (QED) is 0.644. The lowest BCUT2D eigenvalue weighted by molar-refractivity contribution is 0.0724. The first kappa shape index (κ1) is 22.8. The third-order valence-electron chi connectivity index (χ3n) is 5.64. The van der Waals surface area contributed by atoms with Crippen molar-refractivity contribution in [3.63, 3.8) is 0 Å². The van der Waals surface area contributed by atoms with Crippen LogP contribution in [0.5, 0.6) is 0 Å². The Morgan fingerprint density at radius 1 is 0.971 bits per heavy atom. The van der Waals surface area contributed by atoms with Gasteiger partial charge in [-0.2, -0.15) is 0 Å². The number of piperidine rings is 1. The zero-order valence-corrected chi connectivity index (χ0v) is 18.9. The Kier molecular flexibility index (Phi) is 7.38. The molecular weight excluding hydrogens is 424 g/mol. The van der Waals surface area contributed by atoms with E-state index in [1.54, 1.807) is 6.08 Å². The van der Waals surface area contributed by atoms with E-state index in [9.17, 15) is 9.90 Å². The normalized spacial score (nSPS) is 14.9. The van der Waals surface area contributed by atoms with Gasteiger partial charge in [0.1, 0.15) is 0 Å². The van der Waals surface area contributed by atoms with Crippen LogP contribution in [-0.2, 0) is 4.74 Å². The maximum absolute atomic E-state index is 12.5. The summed E-state index contributed by atoms with van der Waals surface area (Å²) in [5.41, 5.74) is 3.77. The summed E-state index contributed by atoms with van der Waals surface area (Å²) < 4.78 is 5.32. The van der Waals surface area contributed by atoms with Gasteiger partial charge in [-0.3, -0.25) is 4.79 Å². The van der Waals surface area contributed by atoms with Crippen LogP contribution in [0.15, 0.2) is 84.5 Å². The molecule has 34 heavy (non-hydrogen) atoms. The summed E-state index contributed by atoms with van der Waals surface area (Å²) in [5, 5.41) is 13.2. The van der Waals surface area contributed by atoms with E-state index in [1.807, 2.05) is 53.4 Å². The van der Waals surface area contributed by atoms with E-state index in [2.05, 4.69) is 35.6 Å². The molecule has 0 atom stereocenters. The molecule has 1 amide bonds. The van der Waals surface area contributed by atoms with Gasteiger partial charge in [0.05, 0.1) is 12.8 Å². The average Bonchev–Trinajstić information content (AvgIpc) is 2.89. The molecule has 2 aliphatic rings. The topological polar surface area (TPSA) is 61.8 Å².